The monoisotopic (exact) mass is 272 g/mol. The van der Waals surface area contributed by atoms with Crippen LogP contribution in [0.3, 0.4) is 0 Å². The van der Waals surface area contributed by atoms with Crippen LogP contribution in [0.5, 0.6) is 0 Å². The fourth-order valence-corrected chi connectivity index (χ4v) is 2.95. The maximum Gasteiger partial charge on any atom is 0.336 e. The van der Waals surface area contributed by atoms with Gasteiger partial charge in [-0.15, -0.1) is 11.3 Å². The summed E-state index contributed by atoms with van der Waals surface area (Å²) in [6.45, 7) is 0. The third-order valence-corrected chi connectivity index (χ3v) is 4.05. The van der Waals surface area contributed by atoms with Crippen molar-refractivity contribution in [1.29, 1.82) is 0 Å². The van der Waals surface area contributed by atoms with Crippen molar-refractivity contribution in [3.8, 4) is 0 Å². The summed E-state index contributed by atoms with van der Waals surface area (Å²) in [6.07, 6.45) is 0.656. The lowest BCUT2D eigenvalue weighted by Crippen LogP contribution is -1.98. The Kier molecular flexibility index (Phi) is 2.83. The minimum absolute atomic E-state index is 0.346. The number of nitrogens with zero attached hydrogens (tertiary/aromatic N) is 2. The first kappa shape index (κ1) is 11.9. The Balaban J connectivity index is 1.96. The summed E-state index contributed by atoms with van der Waals surface area (Å²) in [4.78, 5) is 16.5. The highest BCUT2D eigenvalue weighted by atomic mass is 32.1. The molecule has 3 rings (SSSR count). The first-order chi connectivity index (χ1) is 9.15. The van der Waals surface area contributed by atoms with Crippen LogP contribution in [-0.4, -0.2) is 20.6 Å². The van der Waals surface area contributed by atoms with Crippen LogP contribution in [0, 0.1) is 0 Å². The number of aryl methyl sites for hydroxylation is 1. The smallest absolute Gasteiger partial charge is 0.336 e. The van der Waals surface area contributed by atoms with Crippen LogP contribution in [0.15, 0.2) is 35.7 Å². The normalized spacial score (nSPS) is 11.0. The molecule has 2 aromatic heterocycles. The van der Waals surface area contributed by atoms with Gasteiger partial charge in [-0.05, 0) is 18.2 Å². The van der Waals surface area contributed by atoms with Gasteiger partial charge in [-0.2, -0.15) is 0 Å². The van der Waals surface area contributed by atoms with E-state index in [9.17, 15) is 4.79 Å². The van der Waals surface area contributed by atoms with E-state index in [2.05, 4.69) is 9.55 Å². The Morgan fingerprint density at radius 3 is 2.89 bits per heavy atom. The summed E-state index contributed by atoms with van der Waals surface area (Å²) in [5.74, 6) is 0.0625. The van der Waals surface area contributed by atoms with E-state index in [1.54, 1.807) is 11.4 Å². The third-order valence-electron chi connectivity index (χ3n) is 3.11. The van der Waals surface area contributed by atoms with Gasteiger partial charge < -0.3 is 9.67 Å². The van der Waals surface area contributed by atoms with E-state index in [4.69, 9.17) is 5.11 Å². The average molecular weight is 272 g/mol. The predicted octanol–water partition coefficient (Wildman–Crippen LogP) is 2.92. The molecule has 1 N–H and O–H groups in total. The zero-order valence-corrected chi connectivity index (χ0v) is 11.1. The number of hydrogen-bond acceptors (Lipinski definition) is 3. The average Bonchev–Trinajstić information content (AvgIpc) is 2.97. The summed E-state index contributed by atoms with van der Waals surface area (Å²) in [5.41, 5.74) is 2.40. The number of imidazole rings is 1. The molecular formula is C14H12N2O2S. The molecule has 0 unspecified atom stereocenters. The van der Waals surface area contributed by atoms with E-state index in [1.807, 2.05) is 31.3 Å². The second-order valence-electron chi connectivity index (χ2n) is 4.36. The van der Waals surface area contributed by atoms with E-state index < -0.39 is 5.97 Å². The van der Waals surface area contributed by atoms with Crippen LogP contribution in [0.1, 0.15) is 21.1 Å². The van der Waals surface area contributed by atoms with Crippen molar-refractivity contribution < 1.29 is 9.90 Å². The summed E-state index contributed by atoms with van der Waals surface area (Å²) < 4.78 is 2.05. The lowest BCUT2D eigenvalue weighted by Gasteiger charge is -1.99. The van der Waals surface area contributed by atoms with Crippen molar-refractivity contribution in [2.45, 2.75) is 6.42 Å². The molecule has 4 nitrogen and oxygen atoms in total. The zero-order chi connectivity index (χ0) is 13.4. The number of aromatic nitrogens is 2. The number of aromatic carboxylic acids is 1. The number of fused-ring (bicyclic) bond motifs is 1. The third kappa shape index (κ3) is 2.13. The van der Waals surface area contributed by atoms with E-state index in [-0.39, 0.29) is 0 Å². The molecule has 0 aliphatic rings. The van der Waals surface area contributed by atoms with E-state index in [0.29, 0.717) is 12.0 Å². The molecule has 0 saturated heterocycles. The summed E-state index contributed by atoms with van der Waals surface area (Å²) in [5, 5.41) is 10.6. The van der Waals surface area contributed by atoms with Gasteiger partial charge in [0, 0.05) is 23.7 Å². The molecule has 19 heavy (non-hydrogen) atoms. The summed E-state index contributed by atoms with van der Waals surface area (Å²) >= 11 is 1.46. The summed E-state index contributed by atoms with van der Waals surface area (Å²) in [7, 11) is 1.98. The molecule has 1 aromatic carbocycles. The molecule has 3 aromatic rings. The van der Waals surface area contributed by atoms with Gasteiger partial charge in [-0.1, -0.05) is 12.1 Å². The van der Waals surface area contributed by atoms with E-state index >= 15 is 0 Å². The van der Waals surface area contributed by atoms with Gasteiger partial charge in [0.05, 0.1) is 16.6 Å². The number of carboxylic acid groups (broad SMARTS) is 1. The lowest BCUT2D eigenvalue weighted by molar-refractivity contribution is 0.0697. The molecule has 0 aliphatic carbocycles. The van der Waals surface area contributed by atoms with Crippen LogP contribution < -0.4 is 0 Å². The number of carboxylic acids is 1. The first-order valence-electron chi connectivity index (χ1n) is 5.86. The fraction of sp³-hybridized carbons (Fsp3) is 0.143. The van der Waals surface area contributed by atoms with E-state index in [1.165, 1.54) is 11.3 Å². The maximum atomic E-state index is 10.9. The maximum absolute atomic E-state index is 10.9. The Morgan fingerprint density at radius 2 is 2.21 bits per heavy atom. The van der Waals surface area contributed by atoms with Gasteiger partial charge in [0.2, 0.25) is 0 Å². The second-order valence-corrected chi connectivity index (χ2v) is 5.36. The molecule has 2 heterocycles. The fourth-order valence-electron chi connectivity index (χ4n) is 2.09. The van der Waals surface area contributed by atoms with Gasteiger partial charge in [-0.25, -0.2) is 9.78 Å². The molecule has 0 radical (unpaired) electrons. The molecule has 0 fully saturated rings. The van der Waals surface area contributed by atoms with Crippen LogP contribution in [0.2, 0.25) is 0 Å². The highest BCUT2D eigenvalue weighted by Gasteiger charge is 2.11. The van der Waals surface area contributed by atoms with E-state index in [0.717, 1.165) is 21.7 Å². The van der Waals surface area contributed by atoms with Crippen LogP contribution >= 0.6 is 11.3 Å². The molecule has 0 saturated carbocycles. The lowest BCUT2D eigenvalue weighted by atomic mass is 10.2. The predicted molar refractivity (Wildman–Crippen MR) is 74.8 cm³/mol. The minimum Gasteiger partial charge on any atom is -0.478 e. The van der Waals surface area contributed by atoms with Crippen molar-refractivity contribution in [3.63, 3.8) is 0 Å². The Hall–Kier alpha value is -2.14. The van der Waals surface area contributed by atoms with Crippen molar-refractivity contribution in [3.05, 3.63) is 52.0 Å². The first-order valence-corrected chi connectivity index (χ1v) is 6.74. The van der Waals surface area contributed by atoms with Gasteiger partial charge in [0.15, 0.2) is 0 Å². The highest BCUT2D eigenvalue weighted by molar-refractivity contribution is 7.10. The van der Waals surface area contributed by atoms with Crippen molar-refractivity contribution in [1.82, 2.24) is 9.55 Å². The van der Waals surface area contributed by atoms with Gasteiger partial charge in [-0.3, -0.25) is 0 Å². The van der Waals surface area contributed by atoms with Crippen LogP contribution in [0.25, 0.3) is 11.0 Å². The van der Waals surface area contributed by atoms with Crippen LogP contribution in [0.4, 0.5) is 0 Å². The number of benzene rings is 1. The Labute approximate surface area is 113 Å². The quantitative estimate of drug-likeness (QED) is 0.797. The summed E-state index contributed by atoms with van der Waals surface area (Å²) in [6, 6.07) is 9.68. The SMILES string of the molecule is Cn1c(Cc2cc(C(=O)O)cs2)nc2ccccc21. The Bertz CT molecular complexity index is 758. The number of rotatable bonds is 3. The van der Waals surface area contributed by atoms with Gasteiger partial charge in [0.1, 0.15) is 5.82 Å². The van der Waals surface area contributed by atoms with Crippen molar-refractivity contribution in [2.75, 3.05) is 0 Å². The molecule has 0 atom stereocenters. The largest absolute Gasteiger partial charge is 0.478 e. The van der Waals surface area contributed by atoms with Crippen LogP contribution in [-0.2, 0) is 13.5 Å². The van der Waals surface area contributed by atoms with Gasteiger partial charge >= 0.3 is 5.97 Å². The second kappa shape index (κ2) is 4.51. The van der Waals surface area contributed by atoms with Crippen molar-refractivity contribution >= 4 is 28.3 Å². The van der Waals surface area contributed by atoms with Crippen molar-refractivity contribution in [2.24, 2.45) is 7.05 Å². The molecule has 96 valence electrons. The number of carbonyl (C=O) groups is 1. The molecule has 0 bridgehead atoms. The Morgan fingerprint density at radius 1 is 1.42 bits per heavy atom. The molecular weight excluding hydrogens is 260 g/mol. The zero-order valence-electron chi connectivity index (χ0n) is 10.3. The molecule has 0 aliphatic heterocycles. The van der Waals surface area contributed by atoms with Gasteiger partial charge in [0.25, 0.3) is 0 Å². The number of para-hydroxylation sites is 2. The molecule has 0 spiro atoms. The minimum atomic E-state index is -0.882. The molecule has 5 heteroatoms. The highest BCUT2D eigenvalue weighted by Crippen LogP contribution is 2.21. The topological polar surface area (TPSA) is 55.1 Å². The number of hydrogen-bond donors (Lipinski definition) is 1. The molecule has 0 amide bonds. The number of thiophene rings is 1. The standard InChI is InChI=1S/C14H12N2O2S/c1-16-12-5-3-2-4-11(12)15-13(16)7-10-6-9(8-19-10)14(17)18/h2-6,8H,7H2,1H3,(H,17,18).